The normalized spacial score (nSPS) is 6.06. The molecule has 0 atom stereocenters. The van der Waals surface area contributed by atoms with Crippen LogP contribution < -0.4 is 0 Å². The molecule has 11 heteroatoms. The van der Waals surface area contributed by atoms with Crippen LogP contribution in [0.25, 0.3) is 0 Å². The Kier molecular flexibility index (Phi) is 104. The van der Waals surface area contributed by atoms with Crippen molar-refractivity contribution in [1.82, 2.24) is 0 Å². The Labute approximate surface area is 135 Å². The van der Waals surface area contributed by atoms with Crippen LogP contribution in [-0.4, -0.2) is 33.3 Å². The number of rotatable bonds is 0. The van der Waals surface area contributed by atoms with Crippen LogP contribution >= 0.6 is 92.8 Å². The van der Waals surface area contributed by atoms with Crippen molar-refractivity contribution in [2.75, 3.05) is 28.4 Å². The zero-order valence-electron chi connectivity index (χ0n) is 8.12. The van der Waals surface area contributed by atoms with Crippen LogP contribution in [0.3, 0.4) is 0 Å². The van der Waals surface area contributed by atoms with E-state index < -0.39 is 4.92 Å². The molecule has 0 radical (unpaired) electrons. The first kappa shape index (κ1) is 30.6. The van der Waals surface area contributed by atoms with Gasteiger partial charge < -0.3 is 0 Å². The Balaban J connectivity index is -0.0000000317. The number of hydrogen-bond acceptors (Lipinski definition) is 2. The van der Waals surface area contributed by atoms with E-state index in [9.17, 15) is 0 Å². The molecule has 0 saturated carbocycles. The van der Waals surface area contributed by atoms with Gasteiger partial charge in [-0.3, -0.25) is 10.1 Å². The molecule has 0 fully saturated rings. The lowest BCUT2D eigenvalue weighted by Crippen LogP contribution is -1.79. The lowest BCUT2D eigenvalue weighted by molar-refractivity contribution is -0.445. The van der Waals surface area contributed by atoms with E-state index in [1.54, 1.807) is 0 Å². The minimum atomic E-state index is -0.500. The Morgan fingerprint density at radius 3 is 0.750 bits per heavy atom. The SMILES string of the molecule is C[N+](=O)[O-].ClCCl.ClCCl.ClCCl.ClCCl. The summed E-state index contributed by atoms with van der Waals surface area (Å²) in [7, 11) is 0.889. The predicted octanol–water partition coefficient (Wildman–Crippen LogP) is 5.58. The first-order chi connectivity index (χ1) is 7.39. The van der Waals surface area contributed by atoms with Gasteiger partial charge >= 0.3 is 0 Å². The predicted molar refractivity (Wildman–Crippen MR) is 79.2 cm³/mol. The van der Waals surface area contributed by atoms with Crippen molar-refractivity contribution >= 4 is 92.8 Å². The maximum Gasteiger partial charge on any atom is 0.194 e. The third-order valence-corrected chi connectivity index (χ3v) is 0. The Morgan fingerprint density at radius 1 is 0.750 bits per heavy atom. The van der Waals surface area contributed by atoms with E-state index in [1.807, 2.05) is 0 Å². The van der Waals surface area contributed by atoms with Crippen LogP contribution in [0.15, 0.2) is 0 Å². The zero-order chi connectivity index (χ0) is 14.4. The molecule has 0 aliphatic heterocycles. The van der Waals surface area contributed by atoms with E-state index in [-0.39, 0.29) is 21.4 Å². The molecule has 0 N–H and O–H groups in total. The van der Waals surface area contributed by atoms with Crippen LogP contribution in [-0.2, 0) is 0 Å². The maximum absolute atomic E-state index is 8.81. The quantitative estimate of drug-likeness (QED) is 0.303. The van der Waals surface area contributed by atoms with Gasteiger partial charge in [0.15, 0.2) is 7.05 Å². The molecule has 0 aromatic heterocycles. The van der Waals surface area contributed by atoms with Gasteiger partial charge in [-0.05, 0) is 0 Å². The van der Waals surface area contributed by atoms with Crippen molar-refractivity contribution in [2.24, 2.45) is 0 Å². The van der Waals surface area contributed by atoms with Gasteiger partial charge in [0, 0.05) is 4.92 Å². The van der Waals surface area contributed by atoms with Crippen LogP contribution in [0.5, 0.6) is 0 Å². The van der Waals surface area contributed by atoms with Crippen molar-refractivity contribution in [3.8, 4) is 0 Å². The highest BCUT2D eigenvalue weighted by atomic mass is 35.5. The fraction of sp³-hybridized carbons (Fsp3) is 1.00. The minimum Gasteiger partial charge on any atom is -0.265 e. The molecular formula is C5H11Cl8NO2. The summed E-state index contributed by atoms with van der Waals surface area (Å²) < 4.78 is 0. The molecule has 0 rings (SSSR count). The van der Waals surface area contributed by atoms with Crippen LogP contribution in [0.1, 0.15) is 0 Å². The molecule has 0 aliphatic carbocycles. The summed E-state index contributed by atoms with van der Waals surface area (Å²) in [6, 6.07) is 0. The average molecular weight is 401 g/mol. The molecule has 0 aromatic rings. The highest BCUT2D eigenvalue weighted by molar-refractivity contribution is 6.41. The van der Waals surface area contributed by atoms with Crippen molar-refractivity contribution in [3.05, 3.63) is 10.1 Å². The van der Waals surface area contributed by atoms with Crippen molar-refractivity contribution in [1.29, 1.82) is 0 Å². The highest BCUT2D eigenvalue weighted by Gasteiger charge is 1.57. The highest BCUT2D eigenvalue weighted by Crippen LogP contribution is 1.74. The van der Waals surface area contributed by atoms with Crippen molar-refractivity contribution < 1.29 is 4.92 Å². The van der Waals surface area contributed by atoms with Gasteiger partial charge in [0.1, 0.15) is 0 Å². The molecule has 104 valence electrons. The summed E-state index contributed by atoms with van der Waals surface area (Å²) in [5.74, 6) is 0. The largest absolute Gasteiger partial charge is 0.265 e. The second-order valence-corrected chi connectivity index (χ2v) is 4.08. The van der Waals surface area contributed by atoms with E-state index in [1.165, 1.54) is 0 Å². The maximum atomic E-state index is 8.81. The van der Waals surface area contributed by atoms with Crippen molar-refractivity contribution in [3.63, 3.8) is 0 Å². The first-order valence-electron chi connectivity index (χ1n) is 2.95. The standard InChI is InChI=1S/4CH2Cl2.CH3NO2/c4*2-1-3;1-2(3)4/h4*1H2;1H3. The summed E-state index contributed by atoms with van der Waals surface area (Å²) in [6.07, 6.45) is 0. The second-order valence-electron chi connectivity index (χ2n) is 0.844. The molecule has 0 aromatic carbocycles. The van der Waals surface area contributed by atoms with Crippen LogP contribution in [0.2, 0.25) is 0 Å². The molecular weight excluding hydrogens is 390 g/mol. The third kappa shape index (κ3) is 1150. The van der Waals surface area contributed by atoms with Gasteiger partial charge in [0.05, 0.1) is 21.4 Å². The number of nitrogens with zero attached hydrogens (tertiary/aromatic N) is 1. The van der Waals surface area contributed by atoms with Gasteiger partial charge in [0.2, 0.25) is 0 Å². The number of nitro groups is 1. The molecule has 0 spiro atoms. The summed E-state index contributed by atoms with van der Waals surface area (Å²) in [6.45, 7) is 0. The summed E-state index contributed by atoms with van der Waals surface area (Å²) in [5.41, 5.74) is 0. The van der Waals surface area contributed by atoms with E-state index in [2.05, 4.69) is 0 Å². The average Bonchev–Trinajstić information content (AvgIpc) is 2.06. The lowest BCUT2D eigenvalue weighted by Gasteiger charge is -1.63. The van der Waals surface area contributed by atoms with Crippen LogP contribution in [0, 0.1) is 10.1 Å². The minimum absolute atomic E-state index is 0.194. The summed E-state index contributed by atoms with van der Waals surface area (Å²) in [4.78, 5) is 8.31. The fourth-order valence-corrected chi connectivity index (χ4v) is 0. The van der Waals surface area contributed by atoms with Gasteiger partial charge in [-0.25, -0.2) is 0 Å². The molecule has 0 saturated heterocycles. The Morgan fingerprint density at radius 2 is 0.750 bits per heavy atom. The van der Waals surface area contributed by atoms with E-state index in [4.69, 9.17) is 103 Å². The lowest BCUT2D eigenvalue weighted by atomic mass is 11.5. The number of hydrogen-bond donors (Lipinski definition) is 0. The monoisotopic (exact) mass is 397 g/mol. The fourth-order valence-electron chi connectivity index (χ4n) is 0. The summed E-state index contributed by atoms with van der Waals surface area (Å²) in [5, 5.41) is 9.58. The zero-order valence-corrected chi connectivity index (χ0v) is 14.2. The molecule has 0 heterocycles. The molecule has 0 bridgehead atoms. The molecule has 0 unspecified atom stereocenters. The van der Waals surface area contributed by atoms with Gasteiger partial charge in [0.25, 0.3) is 0 Å². The van der Waals surface area contributed by atoms with Crippen molar-refractivity contribution in [2.45, 2.75) is 0 Å². The van der Waals surface area contributed by atoms with E-state index in [0.29, 0.717) is 0 Å². The molecule has 0 amide bonds. The molecule has 3 nitrogen and oxygen atoms in total. The molecule has 0 aliphatic rings. The van der Waals surface area contributed by atoms with Gasteiger partial charge in [-0.2, -0.15) is 0 Å². The number of alkyl halides is 8. The molecule has 16 heavy (non-hydrogen) atoms. The topological polar surface area (TPSA) is 43.1 Å². The third-order valence-electron chi connectivity index (χ3n) is 0. The number of halogens is 8. The van der Waals surface area contributed by atoms with E-state index in [0.717, 1.165) is 7.05 Å². The first-order valence-corrected chi connectivity index (χ1v) is 7.23. The van der Waals surface area contributed by atoms with Gasteiger partial charge in [-0.1, -0.05) is 0 Å². The Bertz CT molecular complexity index is 76.8. The van der Waals surface area contributed by atoms with Gasteiger partial charge in [-0.15, -0.1) is 92.8 Å². The summed E-state index contributed by atoms with van der Waals surface area (Å²) >= 11 is 38.1. The smallest absolute Gasteiger partial charge is 0.194 e. The second kappa shape index (κ2) is 54.3. The Hall–Kier alpha value is 1.72. The van der Waals surface area contributed by atoms with Crippen LogP contribution in [0.4, 0.5) is 0 Å². The van der Waals surface area contributed by atoms with E-state index >= 15 is 0 Å².